The topological polar surface area (TPSA) is 64.6 Å². The van der Waals surface area contributed by atoms with E-state index in [1.807, 2.05) is 13.0 Å². The Hall–Kier alpha value is -2.82. The molecule has 1 amide bonds. The highest BCUT2D eigenvalue weighted by Crippen LogP contribution is 2.17. The fourth-order valence-corrected chi connectivity index (χ4v) is 2.31. The van der Waals surface area contributed by atoms with Crippen molar-refractivity contribution in [2.24, 2.45) is 5.92 Å². The Labute approximate surface area is 160 Å². The standard InChI is InChI=1S/C22H27NO4/c1-4-13-27-22(25)17-8-10-19(11-9-17)23-21(24)18-6-5-7-20(15-18)26-14-12-16(2)3/h5-11,15-16H,4,12-14H2,1-3H3,(H,23,24). The number of hydrogen-bond acceptors (Lipinski definition) is 4. The van der Waals surface area contributed by atoms with Gasteiger partial charge >= 0.3 is 5.97 Å². The summed E-state index contributed by atoms with van der Waals surface area (Å²) in [7, 11) is 0. The molecule has 2 aromatic rings. The molecule has 0 saturated carbocycles. The van der Waals surface area contributed by atoms with Gasteiger partial charge in [0.15, 0.2) is 0 Å². The van der Waals surface area contributed by atoms with Gasteiger partial charge in [0.1, 0.15) is 5.75 Å². The van der Waals surface area contributed by atoms with Crippen molar-refractivity contribution in [3.05, 3.63) is 59.7 Å². The second-order valence-corrected chi connectivity index (χ2v) is 6.73. The van der Waals surface area contributed by atoms with Crippen LogP contribution in [-0.4, -0.2) is 25.1 Å². The Bertz CT molecular complexity index is 753. The molecule has 0 spiro atoms. The summed E-state index contributed by atoms with van der Waals surface area (Å²) in [5, 5.41) is 2.82. The molecule has 2 aromatic carbocycles. The van der Waals surface area contributed by atoms with E-state index in [0.29, 0.717) is 41.7 Å². The monoisotopic (exact) mass is 369 g/mol. The number of ether oxygens (including phenoxy) is 2. The second kappa shape index (κ2) is 10.4. The van der Waals surface area contributed by atoms with Crippen LogP contribution >= 0.6 is 0 Å². The molecule has 27 heavy (non-hydrogen) atoms. The zero-order valence-corrected chi connectivity index (χ0v) is 16.2. The van der Waals surface area contributed by atoms with Crippen molar-refractivity contribution in [2.45, 2.75) is 33.6 Å². The molecule has 5 heteroatoms. The number of anilines is 1. The molecule has 0 heterocycles. The Morgan fingerprint density at radius 1 is 1.00 bits per heavy atom. The highest BCUT2D eigenvalue weighted by Gasteiger charge is 2.10. The molecule has 0 aromatic heterocycles. The van der Waals surface area contributed by atoms with E-state index in [9.17, 15) is 9.59 Å². The van der Waals surface area contributed by atoms with Crippen molar-refractivity contribution in [3.63, 3.8) is 0 Å². The lowest BCUT2D eigenvalue weighted by atomic mass is 10.1. The molecule has 0 bridgehead atoms. The van der Waals surface area contributed by atoms with Crippen LogP contribution in [0.25, 0.3) is 0 Å². The van der Waals surface area contributed by atoms with E-state index in [1.54, 1.807) is 42.5 Å². The van der Waals surface area contributed by atoms with Gasteiger partial charge in [0.25, 0.3) is 5.91 Å². The van der Waals surface area contributed by atoms with E-state index in [0.717, 1.165) is 12.8 Å². The summed E-state index contributed by atoms with van der Waals surface area (Å²) in [5.41, 5.74) is 1.59. The molecule has 144 valence electrons. The predicted molar refractivity (Wildman–Crippen MR) is 106 cm³/mol. The van der Waals surface area contributed by atoms with Gasteiger partial charge in [-0.25, -0.2) is 4.79 Å². The number of carbonyl (C=O) groups excluding carboxylic acids is 2. The summed E-state index contributed by atoms with van der Waals surface area (Å²) in [5.74, 6) is 0.655. The van der Waals surface area contributed by atoms with Gasteiger partial charge in [-0.3, -0.25) is 4.79 Å². The van der Waals surface area contributed by atoms with Crippen molar-refractivity contribution in [3.8, 4) is 5.75 Å². The third-order valence-electron chi connectivity index (χ3n) is 3.88. The van der Waals surface area contributed by atoms with Crippen LogP contribution in [0.2, 0.25) is 0 Å². The average molecular weight is 369 g/mol. The molecular formula is C22H27NO4. The zero-order chi connectivity index (χ0) is 19.6. The van der Waals surface area contributed by atoms with Crippen LogP contribution in [0.15, 0.2) is 48.5 Å². The van der Waals surface area contributed by atoms with Gasteiger partial charge in [0, 0.05) is 11.3 Å². The van der Waals surface area contributed by atoms with Crippen molar-refractivity contribution < 1.29 is 19.1 Å². The molecule has 0 unspecified atom stereocenters. The molecular weight excluding hydrogens is 342 g/mol. The van der Waals surface area contributed by atoms with E-state index in [-0.39, 0.29) is 11.9 Å². The molecule has 0 aliphatic heterocycles. The van der Waals surface area contributed by atoms with Crippen LogP contribution in [0.4, 0.5) is 5.69 Å². The number of benzene rings is 2. The number of nitrogens with one attached hydrogen (secondary N) is 1. The Morgan fingerprint density at radius 3 is 2.41 bits per heavy atom. The minimum atomic E-state index is -0.360. The summed E-state index contributed by atoms with van der Waals surface area (Å²) in [4.78, 5) is 24.3. The number of carbonyl (C=O) groups is 2. The first-order valence-electron chi connectivity index (χ1n) is 9.31. The summed E-state index contributed by atoms with van der Waals surface area (Å²) in [6, 6.07) is 13.7. The van der Waals surface area contributed by atoms with Gasteiger partial charge in [-0.1, -0.05) is 26.8 Å². The number of rotatable bonds is 9. The molecule has 0 aliphatic rings. The smallest absolute Gasteiger partial charge is 0.338 e. The molecule has 1 N–H and O–H groups in total. The van der Waals surface area contributed by atoms with Gasteiger partial charge in [0.2, 0.25) is 0 Å². The molecule has 2 rings (SSSR count). The summed E-state index contributed by atoms with van der Waals surface area (Å²) in [6.45, 7) is 7.24. The van der Waals surface area contributed by atoms with Crippen LogP contribution in [-0.2, 0) is 4.74 Å². The fourth-order valence-electron chi connectivity index (χ4n) is 2.31. The largest absolute Gasteiger partial charge is 0.494 e. The zero-order valence-electron chi connectivity index (χ0n) is 16.2. The van der Waals surface area contributed by atoms with Crippen LogP contribution in [0.5, 0.6) is 5.75 Å². The summed E-state index contributed by atoms with van der Waals surface area (Å²) >= 11 is 0. The molecule has 0 atom stereocenters. The Kier molecular flexibility index (Phi) is 7.86. The normalized spacial score (nSPS) is 10.5. The maximum Gasteiger partial charge on any atom is 0.338 e. The second-order valence-electron chi connectivity index (χ2n) is 6.73. The lowest BCUT2D eigenvalue weighted by Crippen LogP contribution is -2.12. The fraction of sp³-hybridized carbons (Fsp3) is 0.364. The third kappa shape index (κ3) is 6.77. The lowest BCUT2D eigenvalue weighted by Gasteiger charge is -2.10. The van der Waals surface area contributed by atoms with Crippen molar-refractivity contribution >= 4 is 17.6 Å². The van der Waals surface area contributed by atoms with Crippen LogP contribution in [0, 0.1) is 5.92 Å². The maximum atomic E-state index is 12.5. The molecule has 0 saturated heterocycles. The van der Waals surface area contributed by atoms with Crippen LogP contribution in [0.3, 0.4) is 0 Å². The number of hydrogen-bond donors (Lipinski definition) is 1. The quantitative estimate of drug-likeness (QED) is 0.637. The van der Waals surface area contributed by atoms with Gasteiger partial charge in [-0.2, -0.15) is 0 Å². The highest BCUT2D eigenvalue weighted by molar-refractivity contribution is 6.04. The maximum absolute atomic E-state index is 12.5. The summed E-state index contributed by atoms with van der Waals surface area (Å²) in [6.07, 6.45) is 1.74. The molecule has 5 nitrogen and oxygen atoms in total. The van der Waals surface area contributed by atoms with E-state index >= 15 is 0 Å². The number of amides is 1. The molecule has 0 aliphatic carbocycles. The van der Waals surface area contributed by atoms with E-state index in [1.165, 1.54) is 0 Å². The number of esters is 1. The van der Waals surface area contributed by atoms with E-state index < -0.39 is 0 Å². The first-order valence-corrected chi connectivity index (χ1v) is 9.31. The van der Waals surface area contributed by atoms with E-state index in [2.05, 4.69) is 19.2 Å². The van der Waals surface area contributed by atoms with Crippen LogP contribution in [0.1, 0.15) is 54.3 Å². The third-order valence-corrected chi connectivity index (χ3v) is 3.88. The molecule has 0 radical (unpaired) electrons. The van der Waals surface area contributed by atoms with Crippen molar-refractivity contribution in [2.75, 3.05) is 18.5 Å². The minimum Gasteiger partial charge on any atom is -0.494 e. The van der Waals surface area contributed by atoms with Gasteiger partial charge < -0.3 is 14.8 Å². The summed E-state index contributed by atoms with van der Waals surface area (Å²) < 4.78 is 10.8. The van der Waals surface area contributed by atoms with Crippen LogP contribution < -0.4 is 10.1 Å². The van der Waals surface area contributed by atoms with Crippen molar-refractivity contribution in [1.82, 2.24) is 0 Å². The average Bonchev–Trinajstić information content (AvgIpc) is 2.66. The first kappa shape index (κ1) is 20.5. The van der Waals surface area contributed by atoms with Gasteiger partial charge in [-0.15, -0.1) is 0 Å². The van der Waals surface area contributed by atoms with Crippen molar-refractivity contribution in [1.29, 1.82) is 0 Å². The first-order chi connectivity index (χ1) is 13.0. The van der Waals surface area contributed by atoms with Gasteiger partial charge in [0.05, 0.1) is 18.8 Å². The van der Waals surface area contributed by atoms with E-state index in [4.69, 9.17) is 9.47 Å². The predicted octanol–water partition coefficient (Wildman–Crippen LogP) is 4.93. The molecule has 0 fully saturated rings. The SMILES string of the molecule is CCCOC(=O)c1ccc(NC(=O)c2cccc(OCCC(C)C)c2)cc1. The highest BCUT2D eigenvalue weighted by atomic mass is 16.5. The lowest BCUT2D eigenvalue weighted by molar-refractivity contribution is 0.0505. The minimum absolute atomic E-state index is 0.231. The Morgan fingerprint density at radius 2 is 1.74 bits per heavy atom. The van der Waals surface area contributed by atoms with Gasteiger partial charge in [-0.05, 0) is 61.2 Å². The Balaban J connectivity index is 1.95.